The minimum atomic E-state index is -1.02. The predicted octanol–water partition coefficient (Wildman–Crippen LogP) is 0.677. The van der Waals surface area contributed by atoms with Crippen molar-refractivity contribution in [1.29, 1.82) is 0 Å². The average molecular weight is 211 g/mol. The maximum Gasteiger partial charge on any atom is 0.407 e. The molecule has 5 heteroatoms. The number of carbonyl (C=O) groups excluding carboxylic acids is 2. The van der Waals surface area contributed by atoms with E-state index in [1.54, 1.807) is 0 Å². The Labute approximate surface area is 87.1 Å². The molecule has 1 N–H and O–H groups in total. The number of amides is 1. The standard InChI is InChI=1S/C10H13NO4/c12-7-3-4-8(13)9(7)6-2-1-5-11(6)10(14)15/h6,9H,1-5H2,(H,14,15)/t6-/m0/s1. The van der Waals surface area contributed by atoms with E-state index in [-0.39, 0.29) is 24.4 Å². The van der Waals surface area contributed by atoms with Crippen LogP contribution in [0, 0.1) is 5.92 Å². The molecule has 1 saturated heterocycles. The minimum Gasteiger partial charge on any atom is -0.465 e. The Balaban J connectivity index is 2.18. The van der Waals surface area contributed by atoms with Crippen molar-refractivity contribution in [2.24, 2.45) is 5.92 Å². The zero-order valence-corrected chi connectivity index (χ0v) is 8.31. The van der Waals surface area contributed by atoms with Crippen molar-refractivity contribution in [3.05, 3.63) is 0 Å². The molecule has 0 radical (unpaired) electrons. The van der Waals surface area contributed by atoms with E-state index in [9.17, 15) is 14.4 Å². The van der Waals surface area contributed by atoms with Crippen LogP contribution in [0.2, 0.25) is 0 Å². The summed E-state index contributed by atoms with van der Waals surface area (Å²) in [5, 5.41) is 8.92. The second-order valence-corrected chi connectivity index (χ2v) is 4.10. The molecule has 1 heterocycles. The number of likely N-dealkylation sites (tertiary alicyclic amines) is 1. The Morgan fingerprint density at radius 3 is 2.40 bits per heavy atom. The molecule has 1 saturated carbocycles. The van der Waals surface area contributed by atoms with Gasteiger partial charge in [0.05, 0.1) is 12.0 Å². The summed E-state index contributed by atoms with van der Waals surface area (Å²) < 4.78 is 0. The first-order chi connectivity index (χ1) is 7.11. The molecule has 0 spiro atoms. The zero-order valence-electron chi connectivity index (χ0n) is 8.31. The number of rotatable bonds is 1. The number of hydrogen-bond donors (Lipinski definition) is 1. The molecule has 1 aliphatic carbocycles. The van der Waals surface area contributed by atoms with Gasteiger partial charge in [-0.25, -0.2) is 4.79 Å². The summed E-state index contributed by atoms with van der Waals surface area (Å²) in [4.78, 5) is 35.1. The Morgan fingerprint density at radius 1 is 1.27 bits per heavy atom. The topological polar surface area (TPSA) is 74.7 Å². The van der Waals surface area contributed by atoms with Gasteiger partial charge in [0.1, 0.15) is 11.6 Å². The summed E-state index contributed by atoms with van der Waals surface area (Å²) in [7, 11) is 0. The first-order valence-corrected chi connectivity index (χ1v) is 5.16. The minimum absolute atomic E-state index is 0.0850. The van der Waals surface area contributed by atoms with Crippen molar-refractivity contribution >= 4 is 17.7 Å². The van der Waals surface area contributed by atoms with Gasteiger partial charge in [0.2, 0.25) is 0 Å². The number of Topliss-reactive ketones (excluding diaryl/α,β-unsaturated/α-hetero) is 2. The molecule has 1 aliphatic heterocycles. The summed E-state index contributed by atoms with van der Waals surface area (Å²) in [6, 6.07) is -0.398. The van der Waals surface area contributed by atoms with Crippen LogP contribution in [0.3, 0.4) is 0 Å². The zero-order chi connectivity index (χ0) is 11.0. The van der Waals surface area contributed by atoms with E-state index in [1.807, 2.05) is 0 Å². The summed E-state index contributed by atoms with van der Waals surface area (Å²) in [5.41, 5.74) is 0. The fraction of sp³-hybridized carbons (Fsp3) is 0.700. The molecule has 0 bridgehead atoms. The van der Waals surface area contributed by atoms with Gasteiger partial charge in [0.25, 0.3) is 0 Å². The molecule has 15 heavy (non-hydrogen) atoms. The van der Waals surface area contributed by atoms with Crippen molar-refractivity contribution in [2.75, 3.05) is 6.54 Å². The van der Waals surface area contributed by atoms with Crippen molar-refractivity contribution in [1.82, 2.24) is 4.90 Å². The molecule has 2 aliphatic rings. The third kappa shape index (κ3) is 1.62. The van der Waals surface area contributed by atoms with Gasteiger partial charge >= 0.3 is 6.09 Å². The van der Waals surface area contributed by atoms with Gasteiger partial charge in [0, 0.05) is 19.4 Å². The van der Waals surface area contributed by atoms with E-state index in [2.05, 4.69) is 0 Å². The Morgan fingerprint density at radius 2 is 1.87 bits per heavy atom. The van der Waals surface area contributed by atoms with Crippen LogP contribution < -0.4 is 0 Å². The lowest BCUT2D eigenvalue weighted by molar-refractivity contribution is -0.129. The lowest BCUT2D eigenvalue weighted by Gasteiger charge is -2.24. The third-order valence-corrected chi connectivity index (χ3v) is 3.24. The SMILES string of the molecule is O=C1CCC(=O)C1[C@@H]1CCCN1C(=O)O. The quantitative estimate of drug-likeness (QED) is 0.647. The molecule has 1 atom stereocenters. The van der Waals surface area contributed by atoms with Gasteiger partial charge in [-0.1, -0.05) is 0 Å². The molecule has 0 aromatic rings. The molecular formula is C10H13NO4. The van der Waals surface area contributed by atoms with Gasteiger partial charge in [-0.05, 0) is 12.8 Å². The molecule has 0 aromatic carbocycles. The van der Waals surface area contributed by atoms with Gasteiger partial charge in [-0.3, -0.25) is 9.59 Å². The van der Waals surface area contributed by atoms with E-state index in [0.717, 1.165) is 6.42 Å². The summed E-state index contributed by atoms with van der Waals surface area (Å²) in [6.07, 6.45) is 0.925. The molecule has 1 amide bonds. The molecule has 5 nitrogen and oxygen atoms in total. The number of ketones is 2. The lowest BCUT2D eigenvalue weighted by atomic mass is 9.94. The monoisotopic (exact) mass is 211 g/mol. The Bertz CT molecular complexity index is 309. The van der Waals surface area contributed by atoms with Crippen LogP contribution in [0.4, 0.5) is 4.79 Å². The largest absolute Gasteiger partial charge is 0.465 e. The fourth-order valence-electron chi connectivity index (χ4n) is 2.54. The van der Waals surface area contributed by atoms with Crippen LogP contribution in [0.1, 0.15) is 25.7 Å². The molecule has 2 rings (SSSR count). The van der Waals surface area contributed by atoms with Crippen LogP contribution in [-0.4, -0.2) is 40.3 Å². The number of hydrogen-bond acceptors (Lipinski definition) is 3. The number of carboxylic acid groups (broad SMARTS) is 1. The number of carbonyl (C=O) groups is 3. The lowest BCUT2D eigenvalue weighted by Crippen LogP contribution is -2.43. The summed E-state index contributed by atoms with van der Waals surface area (Å²) in [6.45, 7) is 0.442. The second kappa shape index (κ2) is 3.64. The Kier molecular flexibility index (Phi) is 2.46. The third-order valence-electron chi connectivity index (χ3n) is 3.24. The van der Waals surface area contributed by atoms with Crippen LogP contribution in [-0.2, 0) is 9.59 Å². The first kappa shape index (κ1) is 10.1. The van der Waals surface area contributed by atoms with Crippen molar-refractivity contribution < 1.29 is 19.5 Å². The Hall–Kier alpha value is -1.39. The van der Waals surface area contributed by atoms with Crippen molar-refractivity contribution in [2.45, 2.75) is 31.7 Å². The van der Waals surface area contributed by atoms with Crippen LogP contribution >= 0.6 is 0 Å². The maximum atomic E-state index is 11.5. The van der Waals surface area contributed by atoms with Crippen molar-refractivity contribution in [3.63, 3.8) is 0 Å². The van der Waals surface area contributed by atoms with Gasteiger partial charge in [-0.15, -0.1) is 0 Å². The highest BCUT2D eigenvalue weighted by Gasteiger charge is 2.44. The highest BCUT2D eigenvalue weighted by molar-refractivity contribution is 6.09. The van der Waals surface area contributed by atoms with Crippen LogP contribution in [0.25, 0.3) is 0 Å². The van der Waals surface area contributed by atoms with E-state index in [0.29, 0.717) is 13.0 Å². The average Bonchev–Trinajstić information content (AvgIpc) is 2.73. The summed E-state index contributed by atoms with van der Waals surface area (Å²) in [5.74, 6) is -0.847. The normalized spacial score (nSPS) is 27.7. The molecule has 0 unspecified atom stereocenters. The molecular weight excluding hydrogens is 198 g/mol. The van der Waals surface area contributed by atoms with Crippen LogP contribution in [0.15, 0.2) is 0 Å². The smallest absolute Gasteiger partial charge is 0.407 e. The van der Waals surface area contributed by atoms with Gasteiger partial charge in [-0.2, -0.15) is 0 Å². The molecule has 2 fully saturated rings. The van der Waals surface area contributed by atoms with Gasteiger partial charge < -0.3 is 10.0 Å². The predicted molar refractivity (Wildman–Crippen MR) is 50.5 cm³/mol. The van der Waals surface area contributed by atoms with E-state index >= 15 is 0 Å². The fourth-order valence-corrected chi connectivity index (χ4v) is 2.54. The van der Waals surface area contributed by atoms with E-state index in [4.69, 9.17) is 5.11 Å². The highest BCUT2D eigenvalue weighted by atomic mass is 16.4. The van der Waals surface area contributed by atoms with Gasteiger partial charge in [0.15, 0.2) is 0 Å². The molecule has 82 valence electrons. The van der Waals surface area contributed by atoms with E-state index < -0.39 is 18.1 Å². The van der Waals surface area contributed by atoms with Crippen molar-refractivity contribution in [3.8, 4) is 0 Å². The summed E-state index contributed by atoms with van der Waals surface area (Å²) >= 11 is 0. The van der Waals surface area contributed by atoms with E-state index in [1.165, 1.54) is 4.90 Å². The molecule has 0 aromatic heterocycles. The second-order valence-electron chi connectivity index (χ2n) is 4.10. The maximum absolute atomic E-state index is 11.5. The number of nitrogens with zero attached hydrogens (tertiary/aromatic N) is 1. The highest BCUT2D eigenvalue weighted by Crippen LogP contribution is 2.31. The van der Waals surface area contributed by atoms with Crippen LogP contribution in [0.5, 0.6) is 0 Å². The first-order valence-electron chi connectivity index (χ1n) is 5.16.